The van der Waals surface area contributed by atoms with Crippen molar-refractivity contribution in [1.29, 1.82) is 5.41 Å². The minimum absolute atomic E-state index is 0.0787. The van der Waals surface area contributed by atoms with Crippen LogP contribution in [0.4, 0.5) is 4.79 Å². The van der Waals surface area contributed by atoms with Crippen molar-refractivity contribution >= 4 is 32.3 Å². The van der Waals surface area contributed by atoms with Crippen molar-refractivity contribution < 1.29 is 30.5 Å². The Morgan fingerprint density at radius 3 is 2.50 bits per heavy atom. The predicted octanol–water partition coefficient (Wildman–Crippen LogP) is -1.41. The molecule has 3 aliphatic heterocycles. The summed E-state index contributed by atoms with van der Waals surface area (Å²) in [7, 11) is -6.79. The van der Waals surface area contributed by atoms with Gasteiger partial charge < -0.3 is 9.80 Å². The second-order valence-electron chi connectivity index (χ2n) is 6.74. The molecule has 148 valence electrons. The number of rotatable bonds is 5. The fourth-order valence-corrected chi connectivity index (χ4v) is 5.45. The molecule has 26 heavy (non-hydrogen) atoms. The number of urea groups is 1. The lowest BCUT2D eigenvalue weighted by molar-refractivity contribution is -0.0316. The molecule has 0 aromatic carbocycles. The quantitative estimate of drug-likeness (QED) is 0.282. The number of amides is 2. The molecule has 0 spiro atoms. The smallest absolute Gasteiger partial charge is 0.310 e. The summed E-state index contributed by atoms with van der Waals surface area (Å²) in [5.74, 6) is -0.333. The van der Waals surface area contributed by atoms with Crippen molar-refractivity contribution in [2.24, 2.45) is 0 Å². The van der Waals surface area contributed by atoms with Crippen LogP contribution in [0.1, 0.15) is 19.3 Å². The normalized spacial score (nSPS) is 30.1. The number of hydrogen-bond acceptors (Lipinski definition) is 8. The number of fused-ring (bicyclic) bond motifs is 2. The minimum Gasteiger partial charge on any atom is -0.310 e. The van der Waals surface area contributed by atoms with Crippen LogP contribution in [0.5, 0.6) is 0 Å². The van der Waals surface area contributed by atoms with Crippen LogP contribution in [0, 0.1) is 5.41 Å². The van der Waals surface area contributed by atoms with Gasteiger partial charge in [0.2, 0.25) is 10.0 Å². The zero-order chi connectivity index (χ0) is 19.3. The molecule has 12 nitrogen and oxygen atoms in total. The minimum atomic E-state index is -4.85. The number of carbonyl (C=O) groups excluding carboxylic acids is 1. The molecule has 0 aromatic rings. The summed E-state index contributed by atoms with van der Waals surface area (Å²) < 4.78 is 62.0. The summed E-state index contributed by atoms with van der Waals surface area (Å²) in [6.45, 7) is 1.10. The van der Waals surface area contributed by atoms with Gasteiger partial charge in [-0.25, -0.2) is 13.2 Å². The molecule has 3 heterocycles. The van der Waals surface area contributed by atoms with Gasteiger partial charge in [0.25, 0.3) is 0 Å². The SMILES string of the molecule is CN1CC[C@H](S(=O)(=O)NC(=N)[C@@H]2CC[C@@H]3CN2C(=O)N3OS(=O)(=O)O)C1. The van der Waals surface area contributed by atoms with E-state index in [1.165, 1.54) is 4.90 Å². The van der Waals surface area contributed by atoms with E-state index >= 15 is 0 Å². The second kappa shape index (κ2) is 6.60. The van der Waals surface area contributed by atoms with Crippen molar-refractivity contribution in [3.63, 3.8) is 0 Å². The topological polar surface area (TPSA) is 160 Å². The van der Waals surface area contributed by atoms with Gasteiger partial charge >= 0.3 is 16.4 Å². The molecule has 2 bridgehead atoms. The van der Waals surface area contributed by atoms with Crippen molar-refractivity contribution in [2.75, 3.05) is 26.7 Å². The highest BCUT2D eigenvalue weighted by molar-refractivity contribution is 7.90. The fraction of sp³-hybridized carbons (Fsp3) is 0.833. The van der Waals surface area contributed by atoms with Gasteiger partial charge in [-0.3, -0.25) is 14.7 Å². The number of hydroxylamine groups is 2. The number of sulfonamides is 1. The molecule has 3 saturated heterocycles. The molecule has 3 N–H and O–H groups in total. The first-order chi connectivity index (χ1) is 12.0. The largest absolute Gasteiger partial charge is 0.418 e. The standard InChI is InChI=1S/C12H21N5O7S2/c1-15-5-4-9(7-15)25(19,20)14-11(13)10-3-2-8-6-16(10)12(18)17(8)24-26(21,22)23/h8-10H,2-7H2,1H3,(H2,13,14)(H,21,22,23)/t8-,9+,10+/m1/s1. The molecule has 3 fully saturated rings. The Kier molecular flexibility index (Phi) is 4.89. The Morgan fingerprint density at radius 2 is 1.92 bits per heavy atom. The van der Waals surface area contributed by atoms with Crippen molar-refractivity contribution in [2.45, 2.75) is 36.6 Å². The number of nitrogens with one attached hydrogen (secondary N) is 2. The number of carbonyl (C=O) groups is 1. The van der Waals surface area contributed by atoms with Crippen molar-refractivity contribution in [3.05, 3.63) is 0 Å². The number of amidine groups is 1. The van der Waals surface area contributed by atoms with Crippen LogP contribution < -0.4 is 4.72 Å². The number of likely N-dealkylation sites (tertiary alicyclic amines) is 1. The molecule has 0 aliphatic carbocycles. The Morgan fingerprint density at radius 1 is 1.23 bits per heavy atom. The van der Waals surface area contributed by atoms with Crippen LogP contribution in [0.2, 0.25) is 0 Å². The Balaban J connectivity index is 1.69. The average Bonchev–Trinajstić information content (AvgIpc) is 3.05. The molecule has 0 unspecified atom stereocenters. The van der Waals surface area contributed by atoms with E-state index in [2.05, 4.69) is 9.01 Å². The molecule has 0 aromatic heterocycles. The third-order valence-electron chi connectivity index (χ3n) is 4.87. The third kappa shape index (κ3) is 3.78. The van der Waals surface area contributed by atoms with Crippen LogP contribution in [-0.4, -0.2) is 92.1 Å². The first-order valence-electron chi connectivity index (χ1n) is 8.03. The van der Waals surface area contributed by atoms with E-state index in [1.54, 1.807) is 0 Å². The van der Waals surface area contributed by atoms with E-state index in [9.17, 15) is 21.6 Å². The lowest BCUT2D eigenvalue weighted by Crippen LogP contribution is -2.52. The van der Waals surface area contributed by atoms with Gasteiger partial charge in [0, 0.05) is 13.1 Å². The van der Waals surface area contributed by atoms with Gasteiger partial charge in [-0.2, -0.15) is 13.5 Å². The monoisotopic (exact) mass is 411 g/mol. The average molecular weight is 411 g/mol. The van der Waals surface area contributed by atoms with E-state index in [-0.39, 0.29) is 18.8 Å². The number of hydrogen-bond donors (Lipinski definition) is 3. The Hall–Kier alpha value is -1.48. The first-order valence-corrected chi connectivity index (χ1v) is 10.9. The van der Waals surface area contributed by atoms with E-state index in [0.717, 1.165) is 0 Å². The van der Waals surface area contributed by atoms with Crippen molar-refractivity contribution in [3.8, 4) is 0 Å². The Bertz CT molecular complexity index is 814. The predicted molar refractivity (Wildman–Crippen MR) is 89.1 cm³/mol. The van der Waals surface area contributed by atoms with Gasteiger partial charge in [-0.1, -0.05) is 0 Å². The molecule has 3 aliphatic rings. The van der Waals surface area contributed by atoms with E-state index in [4.69, 9.17) is 9.96 Å². The van der Waals surface area contributed by atoms with Crippen LogP contribution in [-0.2, 0) is 24.7 Å². The maximum absolute atomic E-state index is 12.4. The molecular formula is C12H21N5O7S2. The van der Waals surface area contributed by atoms with E-state index in [1.807, 2.05) is 11.9 Å². The molecule has 0 radical (unpaired) electrons. The second-order valence-corrected chi connectivity index (χ2v) is 9.71. The van der Waals surface area contributed by atoms with Crippen molar-refractivity contribution in [1.82, 2.24) is 19.6 Å². The molecule has 0 saturated carbocycles. The zero-order valence-corrected chi connectivity index (χ0v) is 15.7. The van der Waals surface area contributed by atoms with Gasteiger partial charge in [-0.15, -0.1) is 4.28 Å². The van der Waals surface area contributed by atoms with Crippen LogP contribution in [0.3, 0.4) is 0 Å². The van der Waals surface area contributed by atoms with Crippen LogP contribution in [0.25, 0.3) is 0 Å². The van der Waals surface area contributed by atoms with Crippen LogP contribution >= 0.6 is 0 Å². The maximum atomic E-state index is 12.4. The van der Waals surface area contributed by atoms with Crippen LogP contribution in [0.15, 0.2) is 0 Å². The van der Waals surface area contributed by atoms with Gasteiger partial charge in [0.15, 0.2) is 0 Å². The lowest BCUT2D eigenvalue weighted by Gasteiger charge is -2.31. The summed E-state index contributed by atoms with van der Waals surface area (Å²) in [6.07, 6.45) is 1.04. The van der Waals surface area contributed by atoms with Gasteiger partial charge in [0.1, 0.15) is 5.84 Å². The van der Waals surface area contributed by atoms with Gasteiger partial charge in [0.05, 0.1) is 17.3 Å². The third-order valence-corrected chi connectivity index (χ3v) is 6.99. The molecule has 3 atom stereocenters. The summed E-state index contributed by atoms with van der Waals surface area (Å²) in [4.78, 5) is 15.4. The van der Waals surface area contributed by atoms with Gasteiger partial charge in [-0.05, 0) is 32.9 Å². The molecular weight excluding hydrogens is 390 g/mol. The van der Waals surface area contributed by atoms with E-state index in [0.29, 0.717) is 31.0 Å². The molecule has 2 amide bonds. The summed E-state index contributed by atoms with van der Waals surface area (Å²) in [6, 6.07) is -2.25. The molecule has 3 rings (SSSR count). The highest BCUT2D eigenvalue weighted by Gasteiger charge is 2.49. The van der Waals surface area contributed by atoms with E-state index < -0.39 is 43.8 Å². The number of nitrogens with zero attached hydrogens (tertiary/aromatic N) is 3. The summed E-state index contributed by atoms with van der Waals surface area (Å²) in [5, 5.41) is 8.05. The maximum Gasteiger partial charge on any atom is 0.418 e. The highest BCUT2D eigenvalue weighted by Crippen LogP contribution is 2.31. The number of piperidine rings is 1. The fourth-order valence-electron chi connectivity index (χ4n) is 3.58. The zero-order valence-electron chi connectivity index (χ0n) is 14.0. The Labute approximate surface area is 151 Å². The first kappa shape index (κ1) is 19.3. The summed E-state index contributed by atoms with van der Waals surface area (Å²) in [5.41, 5.74) is 0. The highest BCUT2D eigenvalue weighted by atomic mass is 32.3. The summed E-state index contributed by atoms with van der Waals surface area (Å²) >= 11 is 0. The molecule has 14 heteroatoms. The lowest BCUT2D eigenvalue weighted by atomic mass is 10.0.